The average molecular weight is 671 g/mol. The number of aliphatic hydroxyl groups excluding tert-OH is 1. The Bertz CT molecular complexity index is 1960. The number of likely N-dealkylation sites (tertiary alicyclic amines) is 1. The van der Waals surface area contributed by atoms with Crippen molar-refractivity contribution in [2.24, 2.45) is 13.0 Å². The Hall–Kier alpha value is -4.80. The van der Waals surface area contributed by atoms with E-state index in [-0.39, 0.29) is 30.1 Å². The summed E-state index contributed by atoms with van der Waals surface area (Å²) in [6, 6.07) is 13.6. The molecule has 1 aliphatic carbocycles. The third-order valence-electron chi connectivity index (χ3n) is 10.1. The molecule has 2 N–H and O–H groups in total. The van der Waals surface area contributed by atoms with Gasteiger partial charge in [0.2, 0.25) is 0 Å². The number of nitriles is 1. The van der Waals surface area contributed by atoms with Gasteiger partial charge >= 0.3 is 6.18 Å². The number of hydrogen-bond donors (Lipinski definition) is 2. The molecule has 2 aromatic carbocycles. The summed E-state index contributed by atoms with van der Waals surface area (Å²) in [6.45, 7) is 3.65. The van der Waals surface area contributed by atoms with Crippen molar-refractivity contribution in [3.63, 3.8) is 0 Å². The van der Waals surface area contributed by atoms with E-state index in [0.29, 0.717) is 64.8 Å². The molecule has 254 valence electrons. The number of pyridine rings is 1. The number of amides is 1. The van der Waals surface area contributed by atoms with Crippen molar-refractivity contribution in [1.29, 1.82) is 5.26 Å². The highest BCUT2D eigenvalue weighted by Gasteiger charge is 2.42. The van der Waals surface area contributed by atoms with Crippen LogP contribution in [0.4, 0.5) is 24.8 Å². The standard InChI is InChI=1S/C36H37F3N8O2/c1-22-5-3-10-46(17-22)18-24-12-28-29(30(13-24)36(37,38)39)19-47(34(28)49)32-15-25(14-31(42-32)43-35(20-48)8-4-9-35)26-7-6-23(16-40)11-27(26)33-44-41-21-45(33)2/h6-7,11-15,21-22,48H,3-5,8-10,17-20H2,1-2H3,(H,42,43)/t22-/m0/s1. The molecule has 1 atom stereocenters. The van der Waals surface area contributed by atoms with Crippen molar-refractivity contribution in [2.45, 2.75) is 63.8 Å². The van der Waals surface area contributed by atoms with Gasteiger partial charge < -0.3 is 15.0 Å². The van der Waals surface area contributed by atoms with Crippen molar-refractivity contribution >= 4 is 17.5 Å². The van der Waals surface area contributed by atoms with E-state index >= 15 is 0 Å². The van der Waals surface area contributed by atoms with E-state index in [1.54, 1.807) is 54.3 Å². The number of benzene rings is 2. The zero-order valence-electron chi connectivity index (χ0n) is 27.4. The van der Waals surface area contributed by atoms with Gasteiger partial charge in [-0.2, -0.15) is 18.4 Å². The number of aromatic nitrogens is 4. The molecule has 3 aliphatic rings. The Morgan fingerprint density at radius 2 is 1.92 bits per heavy atom. The quantitative estimate of drug-likeness (QED) is 0.229. The van der Waals surface area contributed by atoms with Crippen LogP contribution in [0.3, 0.4) is 0 Å². The van der Waals surface area contributed by atoms with E-state index in [1.165, 1.54) is 11.0 Å². The van der Waals surface area contributed by atoms with Crippen LogP contribution in [-0.2, 0) is 26.3 Å². The molecule has 0 radical (unpaired) electrons. The second kappa shape index (κ2) is 12.6. The van der Waals surface area contributed by atoms with E-state index in [1.807, 2.05) is 0 Å². The largest absolute Gasteiger partial charge is 0.416 e. The van der Waals surface area contributed by atoms with Crippen LogP contribution in [0, 0.1) is 17.2 Å². The first-order valence-corrected chi connectivity index (χ1v) is 16.5. The molecule has 0 bridgehead atoms. The minimum absolute atomic E-state index is 0.0283. The molecule has 0 unspecified atom stereocenters. The number of halogens is 3. The highest BCUT2D eigenvalue weighted by atomic mass is 19.4. The Labute approximate surface area is 282 Å². The van der Waals surface area contributed by atoms with Crippen LogP contribution in [0.15, 0.2) is 48.8 Å². The summed E-state index contributed by atoms with van der Waals surface area (Å²) in [5.74, 6) is 0.939. The number of piperidine rings is 1. The number of carbonyl (C=O) groups is 1. The lowest BCUT2D eigenvalue weighted by Crippen LogP contribution is -2.48. The molecule has 1 amide bonds. The van der Waals surface area contributed by atoms with Crippen molar-refractivity contribution in [3.8, 4) is 28.6 Å². The van der Waals surface area contributed by atoms with Crippen LogP contribution >= 0.6 is 0 Å². The minimum Gasteiger partial charge on any atom is -0.394 e. The highest BCUT2D eigenvalue weighted by Crippen LogP contribution is 2.42. The van der Waals surface area contributed by atoms with E-state index < -0.39 is 23.2 Å². The molecule has 13 heteroatoms. The lowest BCUT2D eigenvalue weighted by atomic mass is 9.77. The van der Waals surface area contributed by atoms with Crippen molar-refractivity contribution in [2.75, 3.05) is 29.9 Å². The van der Waals surface area contributed by atoms with E-state index in [0.717, 1.165) is 32.4 Å². The molecule has 1 saturated heterocycles. The van der Waals surface area contributed by atoms with E-state index in [2.05, 4.69) is 33.4 Å². The zero-order valence-corrected chi connectivity index (χ0v) is 27.4. The van der Waals surface area contributed by atoms with Gasteiger partial charge in [0.1, 0.15) is 18.0 Å². The number of anilines is 2. The number of nitrogens with one attached hydrogen (secondary N) is 1. The van der Waals surface area contributed by atoms with Crippen LogP contribution in [-0.4, -0.2) is 60.9 Å². The lowest BCUT2D eigenvalue weighted by Gasteiger charge is -2.41. The molecular weight excluding hydrogens is 633 g/mol. The normalized spacial score (nSPS) is 19.0. The number of alkyl halides is 3. The van der Waals surface area contributed by atoms with Crippen molar-refractivity contribution < 1.29 is 23.1 Å². The highest BCUT2D eigenvalue weighted by molar-refractivity contribution is 6.10. The Kier molecular flexibility index (Phi) is 8.40. The summed E-state index contributed by atoms with van der Waals surface area (Å²) < 4.78 is 45.5. The predicted molar refractivity (Wildman–Crippen MR) is 177 cm³/mol. The number of rotatable bonds is 8. The molecule has 2 fully saturated rings. The second-order valence-corrected chi connectivity index (χ2v) is 13.7. The average Bonchev–Trinajstić information content (AvgIpc) is 3.64. The first kappa shape index (κ1) is 32.7. The van der Waals surface area contributed by atoms with Crippen LogP contribution in [0.25, 0.3) is 22.5 Å². The van der Waals surface area contributed by atoms with Crippen LogP contribution < -0.4 is 10.2 Å². The summed E-state index contributed by atoms with van der Waals surface area (Å²) in [4.78, 5) is 22.3. The van der Waals surface area contributed by atoms with Gasteiger partial charge in [0, 0.05) is 31.3 Å². The molecule has 0 spiro atoms. The number of aliphatic hydroxyl groups is 1. The maximum Gasteiger partial charge on any atom is 0.416 e. The van der Waals surface area contributed by atoms with Crippen molar-refractivity contribution in [3.05, 3.63) is 76.6 Å². The Balaban J connectivity index is 1.32. The number of nitrogens with zero attached hydrogens (tertiary/aromatic N) is 7. The SMILES string of the molecule is C[C@H]1CCCN(Cc2cc3c(c(C(F)(F)F)c2)CN(c2cc(-c4ccc(C#N)cc4-c4nncn4C)cc(NC4(CO)CCC4)n2)C3=O)C1. The lowest BCUT2D eigenvalue weighted by molar-refractivity contribution is -0.138. The third kappa shape index (κ3) is 6.26. The van der Waals surface area contributed by atoms with Gasteiger partial charge in [0.25, 0.3) is 5.91 Å². The Morgan fingerprint density at radius 1 is 1.10 bits per heavy atom. The number of hydrogen-bond acceptors (Lipinski definition) is 8. The molecule has 10 nitrogen and oxygen atoms in total. The zero-order chi connectivity index (χ0) is 34.5. The van der Waals surface area contributed by atoms with Crippen molar-refractivity contribution in [1.82, 2.24) is 24.6 Å². The summed E-state index contributed by atoms with van der Waals surface area (Å²) in [5.41, 5.74) is 1.29. The first-order chi connectivity index (χ1) is 23.5. The molecule has 4 heterocycles. The topological polar surface area (TPSA) is 123 Å². The Morgan fingerprint density at radius 3 is 2.57 bits per heavy atom. The summed E-state index contributed by atoms with van der Waals surface area (Å²) in [6.07, 6.45) is 1.32. The maximum atomic E-state index is 14.6. The molecule has 7 rings (SSSR count). The van der Waals surface area contributed by atoms with E-state index in [9.17, 15) is 28.3 Å². The monoisotopic (exact) mass is 670 g/mol. The second-order valence-electron chi connectivity index (χ2n) is 13.7. The fraction of sp³-hybridized carbons (Fsp3) is 0.417. The third-order valence-corrected chi connectivity index (χ3v) is 10.1. The van der Waals surface area contributed by atoms with Gasteiger partial charge in [-0.05, 0) is 103 Å². The van der Waals surface area contributed by atoms with Crippen LogP contribution in [0.5, 0.6) is 0 Å². The maximum absolute atomic E-state index is 14.6. The number of carbonyl (C=O) groups excluding carboxylic acids is 1. The van der Waals surface area contributed by atoms with Gasteiger partial charge in [0.05, 0.1) is 35.9 Å². The number of fused-ring (bicyclic) bond motifs is 1. The number of aryl methyl sites for hydroxylation is 1. The van der Waals surface area contributed by atoms with Gasteiger partial charge in [-0.15, -0.1) is 10.2 Å². The van der Waals surface area contributed by atoms with Gasteiger partial charge in [-0.1, -0.05) is 13.0 Å². The minimum atomic E-state index is -4.65. The fourth-order valence-electron chi connectivity index (χ4n) is 7.34. The molecule has 49 heavy (non-hydrogen) atoms. The van der Waals surface area contributed by atoms with Gasteiger partial charge in [0.15, 0.2) is 5.82 Å². The van der Waals surface area contributed by atoms with Gasteiger partial charge in [-0.25, -0.2) is 4.98 Å². The molecule has 4 aromatic rings. The summed E-state index contributed by atoms with van der Waals surface area (Å²) in [5, 5.41) is 31.5. The molecule has 2 aromatic heterocycles. The van der Waals surface area contributed by atoms with E-state index in [4.69, 9.17) is 4.98 Å². The molecule has 1 saturated carbocycles. The predicted octanol–water partition coefficient (Wildman–Crippen LogP) is 6.15. The fourth-order valence-corrected chi connectivity index (χ4v) is 7.34. The smallest absolute Gasteiger partial charge is 0.394 e. The molecular formula is C36H37F3N8O2. The van der Waals surface area contributed by atoms with Crippen LogP contribution in [0.2, 0.25) is 0 Å². The van der Waals surface area contributed by atoms with Crippen LogP contribution in [0.1, 0.15) is 71.6 Å². The summed E-state index contributed by atoms with van der Waals surface area (Å²) in [7, 11) is 1.78. The first-order valence-electron chi connectivity index (χ1n) is 16.5. The molecule has 2 aliphatic heterocycles. The summed E-state index contributed by atoms with van der Waals surface area (Å²) >= 11 is 0. The van der Waals surface area contributed by atoms with Gasteiger partial charge in [-0.3, -0.25) is 14.6 Å².